The summed E-state index contributed by atoms with van der Waals surface area (Å²) in [7, 11) is -1.36. The summed E-state index contributed by atoms with van der Waals surface area (Å²) in [6, 6.07) is 4.06. The Bertz CT molecular complexity index is 117. The smallest absolute Gasteiger partial charge is 0.193 e. The van der Waals surface area contributed by atoms with Gasteiger partial charge in [0.25, 0.3) is 0 Å². The highest BCUT2D eigenvalue weighted by molar-refractivity contribution is 6.73. The molecule has 0 spiro atoms. The van der Waals surface area contributed by atoms with E-state index in [1.54, 1.807) is 0 Å². The first-order valence-electron chi connectivity index (χ1n) is 6.28. The zero-order valence-electron chi connectivity index (χ0n) is 10.7. The van der Waals surface area contributed by atoms with Crippen LogP contribution in [0.4, 0.5) is 0 Å². The lowest BCUT2D eigenvalue weighted by Gasteiger charge is -2.33. The molecular weight excluding hydrogens is 188 g/mol. The van der Waals surface area contributed by atoms with Crippen molar-refractivity contribution in [3.8, 4) is 0 Å². The molecule has 0 unspecified atom stereocenters. The molecule has 2 heteroatoms. The maximum Gasteiger partial charge on any atom is 0.193 e. The fourth-order valence-corrected chi connectivity index (χ4v) is 7.26. The van der Waals surface area contributed by atoms with Gasteiger partial charge in [0, 0.05) is 6.10 Å². The molecule has 0 radical (unpaired) electrons. The second-order valence-electron chi connectivity index (χ2n) is 4.60. The Kier molecular flexibility index (Phi) is 7.56. The quantitative estimate of drug-likeness (QED) is 0.539. The third kappa shape index (κ3) is 5.16. The summed E-state index contributed by atoms with van der Waals surface area (Å²) in [5.74, 6) is 0. The second-order valence-corrected chi connectivity index (χ2v) is 8.70. The molecule has 0 saturated carbocycles. The minimum absolute atomic E-state index is 0.423. The van der Waals surface area contributed by atoms with E-state index in [4.69, 9.17) is 4.43 Å². The maximum atomic E-state index is 6.30. The van der Waals surface area contributed by atoms with Crippen LogP contribution < -0.4 is 0 Å². The van der Waals surface area contributed by atoms with Crippen LogP contribution in [-0.4, -0.2) is 14.4 Å². The zero-order chi connectivity index (χ0) is 11.0. The molecule has 0 aromatic heterocycles. The Morgan fingerprint density at radius 2 is 1.21 bits per heavy atom. The van der Waals surface area contributed by atoms with Crippen molar-refractivity contribution >= 4 is 8.32 Å². The van der Waals surface area contributed by atoms with Crippen molar-refractivity contribution in [3.05, 3.63) is 0 Å². The van der Waals surface area contributed by atoms with E-state index in [2.05, 4.69) is 34.6 Å². The normalized spacial score (nSPS) is 12.4. The highest BCUT2D eigenvalue weighted by atomic mass is 28.4. The largest absolute Gasteiger partial charge is 0.414 e. The summed E-state index contributed by atoms with van der Waals surface area (Å²) in [5.41, 5.74) is 0. The summed E-state index contributed by atoms with van der Waals surface area (Å²) >= 11 is 0. The highest BCUT2D eigenvalue weighted by Crippen LogP contribution is 2.28. The van der Waals surface area contributed by atoms with Gasteiger partial charge in [0.05, 0.1) is 0 Å². The molecule has 0 rings (SSSR count). The molecule has 86 valence electrons. The van der Waals surface area contributed by atoms with Gasteiger partial charge in [-0.25, -0.2) is 0 Å². The molecule has 0 aliphatic heterocycles. The number of rotatable bonds is 8. The van der Waals surface area contributed by atoms with Crippen LogP contribution in [0, 0.1) is 0 Å². The van der Waals surface area contributed by atoms with Gasteiger partial charge < -0.3 is 4.43 Å². The Hall–Kier alpha value is 0.177. The molecule has 0 bridgehead atoms. The zero-order valence-corrected chi connectivity index (χ0v) is 11.7. The summed E-state index contributed by atoms with van der Waals surface area (Å²) in [4.78, 5) is 0. The minimum Gasteiger partial charge on any atom is -0.414 e. The van der Waals surface area contributed by atoms with Gasteiger partial charge in [-0.3, -0.25) is 0 Å². The van der Waals surface area contributed by atoms with Gasteiger partial charge in [-0.1, -0.05) is 40.0 Å². The third-order valence-electron chi connectivity index (χ3n) is 2.60. The van der Waals surface area contributed by atoms with Gasteiger partial charge in [-0.05, 0) is 32.0 Å². The lowest BCUT2D eigenvalue weighted by molar-refractivity contribution is 0.222. The summed E-state index contributed by atoms with van der Waals surface area (Å²) < 4.78 is 6.30. The molecule has 0 aliphatic rings. The van der Waals surface area contributed by atoms with Crippen molar-refractivity contribution in [2.24, 2.45) is 0 Å². The Balaban J connectivity index is 4.37. The van der Waals surface area contributed by atoms with E-state index < -0.39 is 8.32 Å². The molecule has 0 aromatic carbocycles. The van der Waals surface area contributed by atoms with Gasteiger partial charge >= 0.3 is 0 Å². The van der Waals surface area contributed by atoms with E-state index in [9.17, 15) is 0 Å². The number of hydrogen-bond donors (Lipinski definition) is 0. The maximum absolute atomic E-state index is 6.30. The Labute approximate surface area is 91.4 Å². The van der Waals surface area contributed by atoms with E-state index in [1.165, 1.54) is 37.4 Å². The molecule has 0 aromatic rings. The lowest BCUT2D eigenvalue weighted by atomic mass is 10.5. The summed E-state index contributed by atoms with van der Waals surface area (Å²) in [5, 5.41) is 0. The van der Waals surface area contributed by atoms with Gasteiger partial charge in [0.2, 0.25) is 0 Å². The fraction of sp³-hybridized carbons (Fsp3) is 1.00. The van der Waals surface area contributed by atoms with Crippen LogP contribution in [0.15, 0.2) is 0 Å². The van der Waals surface area contributed by atoms with Crippen molar-refractivity contribution in [1.29, 1.82) is 0 Å². The van der Waals surface area contributed by atoms with Crippen molar-refractivity contribution in [3.63, 3.8) is 0 Å². The van der Waals surface area contributed by atoms with Gasteiger partial charge in [-0.15, -0.1) is 0 Å². The van der Waals surface area contributed by atoms with Crippen LogP contribution in [0.1, 0.15) is 53.9 Å². The average molecular weight is 216 g/mol. The minimum atomic E-state index is -1.36. The molecule has 0 aliphatic carbocycles. The molecule has 1 nitrogen and oxygen atoms in total. The summed E-state index contributed by atoms with van der Waals surface area (Å²) in [6.45, 7) is 11.2. The van der Waals surface area contributed by atoms with Crippen LogP contribution in [0.25, 0.3) is 0 Å². The Morgan fingerprint density at radius 3 is 1.43 bits per heavy atom. The monoisotopic (exact) mass is 216 g/mol. The van der Waals surface area contributed by atoms with E-state index >= 15 is 0 Å². The molecule has 0 N–H and O–H groups in total. The average Bonchev–Trinajstić information content (AvgIpc) is 2.03. The van der Waals surface area contributed by atoms with Crippen molar-refractivity contribution < 1.29 is 4.43 Å². The molecule has 0 saturated heterocycles. The standard InChI is InChI=1S/C12H28OSi/c1-6-9-14(10-7-2,11-8-3)13-12(4)5/h12H,6-11H2,1-5H3. The predicted molar refractivity (Wildman–Crippen MR) is 67.3 cm³/mol. The molecule has 0 heterocycles. The van der Waals surface area contributed by atoms with Gasteiger partial charge in [-0.2, -0.15) is 0 Å². The number of hydrogen-bond acceptors (Lipinski definition) is 1. The SMILES string of the molecule is CCC[Si](CCC)(CCC)OC(C)C. The molecule has 14 heavy (non-hydrogen) atoms. The lowest BCUT2D eigenvalue weighted by Crippen LogP contribution is -2.40. The molecule has 0 amide bonds. The van der Waals surface area contributed by atoms with Crippen LogP contribution in [-0.2, 0) is 4.43 Å². The van der Waals surface area contributed by atoms with Crippen LogP contribution in [0.2, 0.25) is 18.1 Å². The van der Waals surface area contributed by atoms with Gasteiger partial charge in [0.1, 0.15) is 0 Å². The van der Waals surface area contributed by atoms with E-state index in [1.807, 2.05) is 0 Å². The summed E-state index contributed by atoms with van der Waals surface area (Å²) in [6.07, 6.45) is 4.29. The Morgan fingerprint density at radius 1 is 0.857 bits per heavy atom. The molecule has 0 fully saturated rings. The molecular formula is C12H28OSi. The van der Waals surface area contributed by atoms with Crippen LogP contribution >= 0.6 is 0 Å². The predicted octanol–water partition coefficient (Wildman–Crippen LogP) is 4.59. The fourth-order valence-electron chi connectivity index (χ4n) is 2.42. The highest BCUT2D eigenvalue weighted by Gasteiger charge is 2.32. The first-order chi connectivity index (χ1) is 6.60. The van der Waals surface area contributed by atoms with Crippen LogP contribution in [0.3, 0.4) is 0 Å². The van der Waals surface area contributed by atoms with Crippen LogP contribution in [0.5, 0.6) is 0 Å². The van der Waals surface area contributed by atoms with E-state index in [-0.39, 0.29) is 0 Å². The van der Waals surface area contributed by atoms with Crippen molar-refractivity contribution in [2.45, 2.75) is 78.1 Å². The van der Waals surface area contributed by atoms with E-state index in [0.29, 0.717) is 6.10 Å². The van der Waals surface area contributed by atoms with Crippen molar-refractivity contribution in [1.82, 2.24) is 0 Å². The third-order valence-corrected chi connectivity index (χ3v) is 7.81. The van der Waals surface area contributed by atoms with Gasteiger partial charge in [0.15, 0.2) is 8.32 Å². The second kappa shape index (κ2) is 7.47. The molecule has 0 atom stereocenters. The van der Waals surface area contributed by atoms with Crippen molar-refractivity contribution in [2.75, 3.05) is 0 Å². The first kappa shape index (κ1) is 14.2. The topological polar surface area (TPSA) is 9.23 Å². The van der Waals surface area contributed by atoms with E-state index in [0.717, 1.165) is 0 Å². The first-order valence-corrected chi connectivity index (χ1v) is 8.81.